The van der Waals surface area contributed by atoms with Crippen molar-refractivity contribution in [3.05, 3.63) is 48.6 Å². The molecule has 5 heterocycles. The van der Waals surface area contributed by atoms with Crippen LogP contribution >= 0.6 is 0 Å². The summed E-state index contributed by atoms with van der Waals surface area (Å²) in [6.45, 7) is 38.9. The van der Waals surface area contributed by atoms with Crippen molar-refractivity contribution >= 4 is 59.5 Å². The van der Waals surface area contributed by atoms with E-state index in [9.17, 15) is 53.1 Å². The van der Waals surface area contributed by atoms with Crippen LogP contribution in [-0.4, -0.2) is 137 Å². The van der Waals surface area contributed by atoms with Crippen molar-refractivity contribution in [1.82, 2.24) is 0 Å². The van der Waals surface area contributed by atoms with Crippen molar-refractivity contribution in [2.45, 2.75) is 278 Å². The average molecular weight is 1350 g/mol. The van der Waals surface area contributed by atoms with Gasteiger partial charge in [-0.2, -0.15) is 0 Å². The van der Waals surface area contributed by atoms with Gasteiger partial charge in [-0.15, -0.1) is 0 Å². The van der Waals surface area contributed by atoms with Gasteiger partial charge in [0, 0.05) is 53.9 Å². The minimum absolute atomic E-state index is 0.0850. The summed E-state index contributed by atoms with van der Waals surface area (Å²) in [6.07, 6.45) is 17.5. The highest BCUT2D eigenvalue weighted by Gasteiger charge is 2.64. The molecule has 10 bridgehead atoms. The molecule has 0 aromatic rings. The number of esters is 9. The van der Waals surface area contributed by atoms with Gasteiger partial charge in [-0.25, -0.2) is 28.8 Å². The van der Waals surface area contributed by atoms with E-state index in [2.05, 4.69) is 44.9 Å². The number of carbonyl (C=O) groups is 10. The first kappa shape index (κ1) is 77.1. The van der Waals surface area contributed by atoms with E-state index in [1.165, 1.54) is 58.3 Å². The van der Waals surface area contributed by atoms with Crippen LogP contribution in [-0.2, 0) is 95.3 Å². The van der Waals surface area contributed by atoms with Crippen LogP contribution in [0.25, 0.3) is 0 Å². The number of hydrogen-bond donors (Lipinski definition) is 1. The van der Waals surface area contributed by atoms with E-state index in [1.54, 1.807) is 48.5 Å². The lowest BCUT2D eigenvalue weighted by Crippen LogP contribution is -2.62. The Kier molecular flexibility index (Phi) is 25.2. The van der Waals surface area contributed by atoms with Gasteiger partial charge in [0.15, 0.2) is 5.78 Å². The molecule has 9 unspecified atom stereocenters. The second kappa shape index (κ2) is 31.3. The molecule has 21 heteroatoms. The van der Waals surface area contributed by atoms with E-state index in [0.717, 1.165) is 50.4 Å². The molecule has 14 rings (SSSR count). The Morgan fingerprint density at radius 2 is 1.06 bits per heavy atom. The van der Waals surface area contributed by atoms with Crippen LogP contribution in [0.4, 0.5) is 0 Å². The molecule has 96 heavy (non-hydrogen) atoms. The molecule has 9 saturated carbocycles. The molecule has 0 amide bonds. The van der Waals surface area contributed by atoms with Gasteiger partial charge in [-0.3, -0.25) is 19.2 Å². The van der Waals surface area contributed by atoms with Gasteiger partial charge in [-0.1, -0.05) is 54.0 Å². The topological polar surface area (TPSA) is 283 Å². The zero-order valence-electron chi connectivity index (χ0n) is 59.5. The molecular weight excluding hydrogens is 1240 g/mol. The number of ether oxygens (including phenoxy) is 10. The molecule has 0 aromatic heterocycles. The van der Waals surface area contributed by atoms with Crippen molar-refractivity contribution in [2.24, 2.45) is 64.1 Å². The lowest BCUT2D eigenvalue weighted by molar-refractivity contribution is -0.221. The van der Waals surface area contributed by atoms with Gasteiger partial charge in [0.2, 0.25) is 12.2 Å². The smallest absolute Gasteiger partial charge is 0.347 e. The van der Waals surface area contributed by atoms with Crippen LogP contribution in [0.5, 0.6) is 0 Å². The molecule has 0 spiro atoms. The lowest BCUT2D eigenvalue weighted by Gasteiger charge is -2.61. The molecule has 5 saturated heterocycles. The zero-order chi connectivity index (χ0) is 71.2. The molecular formula is C75H110O21. The Bertz CT molecular complexity index is 2930. The van der Waals surface area contributed by atoms with Crippen LogP contribution in [0.3, 0.4) is 0 Å². The third-order valence-corrected chi connectivity index (χ3v) is 22.2. The van der Waals surface area contributed by atoms with E-state index in [1.807, 2.05) is 20.8 Å². The molecule has 9 atom stereocenters. The van der Waals surface area contributed by atoms with Crippen LogP contribution in [0.2, 0.25) is 0 Å². The highest BCUT2D eigenvalue weighted by Crippen LogP contribution is 2.62. The molecule has 0 radical (unpaired) electrons. The van der Waals surface area contributed by atoms with Crippen molar-refractivity contribution in [1.29, 1.82) is 0 Å². The van der Waals surface area contributed by atoms with Gasteiger partial charge in [0.1, 0.15) is 35.6 Å². The van der Waals surface area contributed by atoms with E-state index < -0.39 is 52.1 Å². The summed E-state index contributed by atoms with van der Waals surface area (Å²) in [5.74, 6) is 1.01. The fourth-order valence-electron chi connectivity index (χ4n) is 16.7. The Balaban J connectivity index is 0.000000165. The minimum atomic E-state index is -0.728. The summed E-state index contributed by atoms with van der Waals surface area (Å²) in [7, 11) is 0. The number of aliphatic hydroxyl groups is 1. The molecule has 0 aromatic carbocycles. The Hall–Kier alpha value is -6.22. The second-order valence-corrected chi connectivity index (χ2v) is 31.7. The maximum atomic E-state index is 12.1. The summed E-state index contributed by atoms with van der Waals surface area (Å²) in [4.78, 5) is 115. The van der Waals surface area contributed by atoms with Gasteiger partial charge in [0.25, 0.3) is 0 Å². The normalized spacial score (nSPS) is 33.6. The minimum Gasteiger partial charge on any atom is -0.463 e. The number of hydrogen-bond acceptors (Lipinski definition) is 21. The Morgan fingerprint density at radius 1 is 0.594 bits per heavy atom. The fraction of sp³-hybridized carbons (Fsp3) is 0.760. The summed E-state index contributed by atoms with van der Waals surface area (Å²) < 4.78 is 52.4. The average Bonchev–Trinajstić information content (AvgIpc) is 1.47. The molecule has 9 aliphatic carbocycles. The third-order valence-electron chi connectivity index (χ3n) is 22.2. The van der Waals surface area contributed by atoms with Crippen LogP contribution in [0.1, 0.15) is 225 Å². The van der Waals surface area contributed by atoms with Gasteiger partial charge in [-0.05, 0) is 213 Å². The number of rotatable bonds is 18. The van der Waals surface area contributed by atoms with E-state index in [0.29, 0.717) is 98.0 Å². The number of carbonyl (C=O) groups excluding carboxylic acids is 10. The van der Waals surface area contributed by atoms with Crippen molar-refractivity contribution in [2.75, 3.05) is 19.8 Å². The largest absolute Gasteiger partial charge is 0.463 e. The molecule has 1 N–H and O–H groups in total. The third kappa shape index (κ3) is 18.5. The van der Waals surface area contributed by atoms with Gasteiger partial charge < -0.3 is 52.5 Å². The van der Waals surface area contributed by atoms with Gasteiger partial charge in [0.05, 0.1) is 41.7 Å². The monoisotopic (exact) mass is 1350 g/mol. The summed E-state index contributed by atoms with van der Waals surface area (Å²) in [5, 5.41) is 10.5. The summed E-state index contributed by atoms with van der Waals surface area (Å²) >= 11 is 0. The predicted molar refractivity (Wildman–Crippen MR) is 351 cm³/mol. The quantitative estimate of drug-likeness (QED) is 0.0758. The van der Waals surface area contributed by atoms with Crippen molar-refractivity contribution < 1.29 is 100 Å². The van der Waals surface area contributed by atoms with Crippen molar-refractivity contribution in [3.63, 3.8) is 0 Å². The second-order valence-electron chi connectivity index (χ2n) is 31.7. The first-order valence-electron chi connectivity index (χ1n) is 35.1. The van der Waals surface area contributed by atoms with E-state index in [-0.39, 0.29) is 102 Å². The fourth-order valence-corrected chi connectivity index (χ4v) is 16.7. The zero-order valence-corrected chi connectivity index (χ0v) is 59.5. The number of Topliss-reactive ketones (excluding diaryl/α,β-unsaturated/α-hetero) is 1. The van der Waals surface area contributed by atoms with Crippen LogP contribution < -0.4 is 0 Å². The number of fused-ring (bicyclic) bond motifs is 1. The molecule has 5 aliphatic heterocycles. The standard InChI is InChI=1S/C17H26O2.C16H22O6.C14H20O3.C10H16O4.C10H16O2.C8H10O4/c1-10(2)16(18)19-17(11(3)4)14-6-12-5-13(8-14)9-15(17)7-12;1-4-16(2,3)15(19)20-7-8(17)5-9-11-6-10-13(21-11)12(9)22-14(10)18;1-9(2)12(15)17-14-6-10-3-11(7-14)5-13(16,4-10)8-14;1-4-10(2,3)9(12)14-7-5-6-13-8(7)11;1-8(2)9(11)12-10(3)6-4-5-7-10;1-5(2)7(9)12-6-3-4-11-8(6)10/h11-15H,1,5-9H2,2-4H3;9-13H,4-7H2,1-3H3;10-11,16H,1,3-8H2,2H3;7H,4-6H2,1-3H3;1,4-7H2,2-3H3;6H,1,3-4H2,2H3. The maximum absolute atomic E-state index is 12.1. The predicted octanol–water partition coefficient (Wildman–Crippen LogP) is 11.5. The Morgan fingerprint density at radius 3 is 1.52 bits per heavy atom. The molecule has 14 fully saturated rings. The molecule has 536 valence electrons. The highest BCUT2D eigenvalue weighted by atomic mass is 16.6. The van der Waals surface area contributed by atoms with E-state index >= 15 is 0 Å². The maximum Gasteiger partial charge on any atom is 0.347 e. The van der Waals surface area contributed by atoms with Crippen LogP contribution in [0.15, 0.2) is 48.6 Å². The summed E-state index contributed by atoms with van der Waals surface area (Å²) in [5.41, 5.74) is -0.722. The van der Waals surface area contributed by atoms with E-state index in [4.69, 9.17) is 42.6 Å². The highest BCUT2D eigenvalue weighted by molar-refractivity contribution is 5.90. The van der Waals surface area contributed by atoms with Crippen molar-refractivity contribution in [3.8, 4) is 0 Å². The van der Waals surface area contributed by atoms with Crippen LogP contribution in [0, 0.1) is 64.1 Å². The Labute approximate surface area is 567 Å². The molecule has 14 aliphatic rings. The lowest BCUT2D eigenvalue weighted by atomic mass is 9.47. The first-order chi connectivity index (χ1) is 44.8. The summed E-state index contributed by atoms with van der Waals surface area (Å²) in [6, 6.07) is 0. The first-order valence-corrected chi connectivity index (χ1v) is 35.1. The van der Waals surface area contributed by atoms with Gasteiger partial charge >= 0.3 is 53.7 Å². The number of cyclic esters (lactones) is 2. The molecule has 21 nitrogen and oxygen atoms in total. The SMILES string of the molecule is C=C(C)C(=O)OC1(C(C)C)C2CC3CC(C2)CC1C3.C=C(C)C(=O)OC1(C)CCCC1.C=C(C)C(=O)OC12CC3CC(CC(O)(C3)C1)C2.C=C(C)C(=O)OC1CCOC1=O.CCC(C)(C)C(=O)OC1CCOC1=O.CCC(C)(C)C(=O)OCC(=O)CC1C2CC3C(=O)OC1C3O2. The number of ketones is 1.